The van der Waals surface area contributed by atoms with Crippen molar-refractivity contribution in [3.05, 3.63) is 42.0 Å². The van der Waals surface area contributed by atoms with Gasteiger partial charge in [0.25, 0.3) is 0 Å². The summed E-state index contributed by atoms with van der Waals surface area (Å²) in [5, 5.41) is 33.9. The number of fused-ring (bicyclic) bond motifs is 1. The normalized spacial score (nSPS) is 26.7. The van der Waals surface area contributed by atoms with Gasteiger partial charge in [0, 0.05) is 12.3 Å². The Balaban J connectivity index is 2.06. The zero-order valence-electron chi connectivity index (χ0n) is 15.9. The van der Waals surface area contributed by atoms with E-state index in [9.17, 15) is 24.9 Å². The highest BCUT2D eigenvalue weighted by atomic mass is 16.7. The summed E-state index contributed by atoms with van der Waals surface area (Å²) in [4.78, 5) is 23.9. The van der Waals surface area contributed by atoms with Gasteiger partial charge >= 0.3 is 5.97 Å². The van der Waals surface area contributed by atoms with E-state index in [1.165, 1.54) is 20.1 Å². The van der Waals surface area contributed by atoms with E-state index in [0.29, 0.717) is 5.39 Å². The average molecular weight is 405 g/mol. The fraction of sp³-hybridized carbons (Fsp3) is 0.400. The van der Waals surface area contributed by atoms with E-state index in [-0.39, 0.29) is 11.3 Å². The number of ether oxygens (including phenoxy) is 3. The number of hydrogen-bond donors (Lipinski definition) is 4. The van der Waals surface area contributed by atoms with E-state index in [4.69, 9.17) is 14.2 Å². The molecule has 1 aliphatic rings. The van der Waals surface area contributed by atoms with Crippen molar-refractivity contribution >= 4 is 22.6 Å². The summed E-state index contributed by atoms with van der Waals surface area (Å²) in [6.07, 6.45) is -5.34. The number of benzene rings is 2. The van der Waals surface area contributed by atoms with Gasteiger partial charge in [0.15, 0.2) is 0 Å². The van der Waals surface area contributed by atoms with Crippen molar-refractivity contribution in [3.63, 3.8) is 0 Å². The number of rotatable bonds is 5. The quantitative estimate of drug-likeness (QED) is 0.509. The molecule has 1 saturated heterocycles. The first-order valence-corrected chi connectivity index (χ1v) is 9.03. The van der Waals surface area contributed by atoms with Crippen molar-refractivity contribution < 1.29 is 39.1 Å². The lowest BCUT2D eigenvalue weighted by Crippen LogP contribution is -2.65. The SMILES string of the molecule is COC(=O)c1ccc2ccccc2c1O[C@@H]1O[C@H](CO)[C@H](O)[C@@H](O)[C@H]1NC(C)=O. The van der Waals surface area contributed by atoms with Crippen LogP contribution in [0.15, 0.2) is 36.4 Å². The van der Waals surface area contributed by atoms with Crippen LogP contribution in [0.4, 0.5) is 0 Å². The van der Waals surface area contributed by atoms with Crippen molar-refractivity contribution in [1.82, 2.24) is 5.32 Å². The van der Waals surface area contributed by atoms with Gasteiger partial charge in [0.2, 0.25) is 12.2 Å². The van der Waals surface area contributed by atoms with E-state index in [2.05, 4.69) is 5.32 Å². The third-order valence-electron chi connectivity index (χ3n) is 4.77. The van der Waals surface area contributed by atoms with Gasteiger partial charge in [-0.15, -0.1) is 0 Å². The molecule has 5 atom stereocenters. The molecule has 3 rings (SSSR count). The monoisotopic (exact) mass is 405 g/mol. The Morgan fingerprint density at radius 2 is 1.86 bits per heavy atom. The predicted molar refractivity (Wildman–Crippen MR) is 101 cm³/mol. The summed E-state index contributed by atoms with van der Waals surface area (Å²) in [6.45, 7) is 0.663. The van der Waals surface area contributed by atoms with E-state index >= 15 is 0 Å². The molecular weight excluding hydrogens is 382 g/mol. The van der Waals surface area contributed by atoms with Crippen LogP contribution in [0.2, 0.25) is 0 Å². The van der Waals surface area contributed by atoms with Gasteiger partial charge in [-0.05, 0) is 11.5 Å². The van der Waals surface area contributed by atoms with E-state index < -0.39 is 49.1 Å². The number of esters is 1. The van der Waals surface area contributed by atoms with Crippen LogP contribution in [0, 0.1) is 0 Å². The second kappa shape index (κ2) is 8.75. The summed E-state index contributed by atoms with van der Waals surface area (Å²) in [5.41, 5.74) is 0.123. The molecule has 2 aromatic carbocycles. The van der Waals surface area contributed by atoms with Crippen molar-refractivity contribution in [1.29, 1.82) is 0 Å². The predicted octanol–water partition coefficient (Wildman–Crippen LogP) is -0.0511. The van der Waals surface area contributed by atoms with E-state index in [1.54, 1.807) is 18.2 Å². The number of methoxy groups -OCH3 is 1. The maximum absolute atomic E-state index is 12.3. The molecule has 1 heterocycles. The van der Waals surface area contributed by atoms with Crippen LogP contribution in [0.25, 0.3) is 10.8 Å². The first-order valence-electron chi connectivity index (χ1n) is 9.03. The minimum Gasteiger partial charge on any atom is -0.465 e. The van der Waals surface area contributed by atoms with Gasteiger partial charge in [-0.1, -0.05) is 30.3 Å². The number of nitrogens with one attached hydrogen (secondary N) is 1. The maximum atomic E-state index is 12.3. The third-order valence-corrected chi connectivity index (χ3v) is 4.77. The molecule has 1 aliphatic heterocycles. The smallest absolute Gasteiger partial charge is 0.341 e. The first kappa shape index (κ1) is 21.0. The molecule has 9 nitrogen and oxygen atoms in total. The summed E-state index contributed by atoms with van der Waals surface area (Å²) in [7, 11) is 1.24. The zero-order valence-corrected chi connectivity index (χ0v) is 15.9. The Morgan fingerprint density at radius 1 is 1.14 bits per heavy atom. The Hall–Kier alpha value is -2.72. The van der Waals surface area contributed by atoms with Gasteiger partial charge in [-0.2, -0.15) is 0 Å². The molecule has 0 saturated carbocycles. The summed E-state index contributed by atoms with van der Waals surface area (Å²) < 4.78 is 16.4. The second-order valence-corrected chi connectivity index (χ2v) is 6.71. The molecule has 0 unspecified atom stereocenters. The molecule has 0 radical (unpaired) electrons. The molecule has 9 heteroatoms. The molecule has 29 heavy (non-hydrogen) atoms. The van der Waals surface area contributed by atoms with Crippen molar-refractivity contribution in [3.8, 4) is 5.75 Å². The van der Waals surface area contributed by atoms with Crippen molar-refractivity contribution in [2.24, 2.45) is 0 Å². The molecule has 2 aromatic rings. The minimum atomic E-state index is -1.47. The Kier molecular flexibility index (Phi) is 6.33. The lowest BCUT2D eigenvalue weighted by Gasteiger charge is -2.42. The Labute approximate surface area is 166 Å². The molecule has 1 fully saturated rings. The van der Waals surface area contributed by atoms with Crippen molar-refractivity contribution in [2.45, 2.75) is 37.6 Å². The number of aliphatic hydroxyl groups excluding tert-OH is 3. The van der Waals surface area contributed by atoms with Crippen LogP contribution in [-0.2, 0) is 14.3 Å². The van der Waals surface area contributed by atoms with Crippen molar-refractivity contribution in [2.75, 3.05) is 13.7 Å². The Bertz CT molecular complexity index is 901. The van der Waals surface area contributed by atoms with Crippen LogP contribution >= 0.6 is 0 Å². The number of amides is 1. The number of aliphatic hydroxyl groups is 3. The standard InChI is InChI=1S/C20H23NO8/c1-10(23)21-15-17(25)16(24)14(9-22)28-20(15)29-18-12-6-4-3-5-11(12)7-8-13(18)19(26)27-2/h3-8,14-17,20,22,24-25H,9H2,1-2H3,(H,21,23)/t14-,15-,16+,17+,20+/m1/s1. The number of carbonyl (C=O) groups excluding carboxylic acids is 2. The summed E-state index contributed by atoms with van der Waals surface area (Å²) >= 11 is 0. The fourth-order valence-corrected chi connectivity index (χ4v) is 3.33. The molecule has 1 amide bonds. The molecule has 0 spiro atoms. The van der Waals surface area contributed by atoms with E-state index in [0.717, 1.165) is 5.39 Å². The van der Waals surface area contributed by atoms with Gasteiger partial charge in [-0.3, -0.25) is 4.79 Å². The van der Waals surface area contributed by atoms with Crippen LogP contribution in [0.1, 0.15) is 17.3 Å². The highest BCUT2D eigenvalue weighted by Crippen LogP contribution is 2.33. The topological polar surface area (TPSA) is 135 Å². The molecular formula is C20H23NO8. The maximum Gasteiger partial charge on any atom is 0.341 e. The lowest BCUT2D eigenvalue weighted by molar-refractivity contribution is -0.244. The molecule has 156 valence electrons. The third kappa shape index (κ3) is 4.18. The molecule has 0 aromatic heterocycles. The first-order chi connectivity index (χ1) is 13.9. The largest absolute Gasteiger partial charge is 0.465 e. The minimum absolute atomic E-state index is 0.123. The Morgan fingerprint density at radius 3 is 2.52 bits per heavy atom. The fourth-order valence-electron chi connectivity index (χ4n) is 3.33. The molecule has 4 N–H and O–H groups in total. The molecule has 0 bridgehead atoms. The summed E-state index contributed by atoms with van der Waals surface area (Å²) in [6, 6.07) is 9.27. The van der Waals surface area contributed by atoms with Crippen LogP contribution < -0.4 is 10.1 Å². The molecule has 0 aliphatic carbocycles. The van der Waals surface area contributed by atoms with Crippen LogP contribution in [0.3, 0.4) is 0 Å². The van der Waals surface area contributed by atoms with Crippen LogP contribution in [0.5, 0.6) is 5.75 Å². The lowest BCUT2D eigenvalue weighted by atomic mass is 9.96. The zero-order chi connectivity index (χ0) is 21.1. The average Bonchev–Trinajstić information content (AvgIpc) is 2.72. The van der Waals surface area contributed by atoms with Gasteiger partial charge in [0.05, 0.1) is 13.7 Å². The highest BCUT2D eigenvalue weighted by Gasteiger charge is 2.46. The van der Waals surface area contributed by atoms with Gasteiger partial charge in [-0.25, -0.2) is 4.79 Å². The number of carbonyl (C=O) groups is 2. The number of hydrogen-bond acceptors (Lipinski definition) is 8. The summed E-state index contributed by atoms with van der Waals surface area (Å²) in [5.74, 6) is -0.987. The van der Waals surface area contributed by atoms with Gasteiger partial charge < -0.3 is 34.8 Å². The van der Waals surface area contributed by atoms with Crippen LogP contribution in [-0.4, -0.2) is 71.6 Å². The second-order valence-electron chi connectivity index (χ2n) is 6.71. The highest BCUT2D eigenvalue weighted by molar-refractivity contribution is 6.01. The van der Waals surface area contributed by atoms with E-state index in [1.807, 2.05) is 12.1 Å². The van der Waals surface area contributed by atoms with Gasteiger partial charge in [0.1, 0.15) is 35.7 Å².